The molecule has 1 amide bonds. The Kier molecular flexibility index (Phi) is 7.11. The summed E-state index contributed by atoms with van der Waals surface area (Å²) in [6.07, 6.45) is 5.04. The summed E-state index contributed by atoms with van der Waals surface area (Å²) in [4.78, 5) is 25.0. The van der Waals surface area contributed by atoms with Crippen molar-refractivity contribution < 1.29 is 4.79 Å². The Bertz CT molecular complexity index is 1000. The normalized spacial score (nSPS) is 16.9. The van der Waals surface area contributed by atoms with Gasteiger partial charge in [-0.25, -0.2) is 4.98 Å². The van der Waals surface area contributed by atoms with Gasteiger partial charge in [-0.05, 0) is 59.6 Å². The van der Waals surface area contributed by atoms with E-state index in [9.17, 15) is 4.79 Å². The van der Waals surface area contributed by atoms with Gasteiger partial charge in [-0.15, -0.1) is 0 Å². The number of aromatic nitrogens is 2. The van der Waals surface area contributed by atoms with Gasteiger partial charge in [-0.1, -0.05) is 36.8 Å². The molecule has 1 saturated heterocycles. The van der Waals surface area contributed by atoms with E-state index in [1.807, 2.05) is 36.5 Å². The molecule has 0 bridgehead atoms. The molecular formula is C23H27N5OS2. The van der Waals surface area contributed by atoms with Crippen LogP contribution in [0.1, 0.15) is 43.1 Å². The first-order valence-corrected chi connectivity index (χ1v) is 11.9. The highest BCUT2D eigenvalue weighted by Gasteiger charge is 2.38. The number of nitrogens with zero attached hydrogens (tertiary/aromatic N) is 3. The lowest BCUT2D eigenvalue weighted by atomic mass is 10.1. The van der Waals surface area contributed by atoms with E-state index < -0.39 is 0 Å². The molecule has 0 aliphatic carbocycles. The highest BCUT2D eigenvalue weighted by molar-refractivity contribution is 7.80. The van der Waals surface area contributed by atoms with E-state index in [2.05, 4.69) is 31.7 Å². The molecule has 1 atom stereocenters. The quantitative estimate of drug-likeness (QED) is 0.372. The number of rotatable bonds is 9. The minimum absolute atomic E-state index is 0.0574. The summed E-state index contributed by atoms with van der Waals surface area (Å²) >= 11 is 7.48. The summed E-state index contributed by atoms with van der Waals surface area (Å²) in [5, 5.41) is 4.77. The molecule has 1 aliphatic rings. The van der Waals surface area contributed by atoms with Crippen LogP contribution >= 0.6 is 23.6 Å². The standard InChI is InChI=1S/C23H27N5OS2/c24-10-5-2-6-11-27-21(29)13-20(28(23(27)30)15-17-9-12-31-16-17)22-25-14-19(26-22)18-7-3-1-4-8-18/h1,3-4,7-9,12,14,16,20H,2,5-6,10-11,13,15,24H2,(H,25,26). The second-order valence-corrected chi connectivity index (χ2v) is 8.85. The minimum atomic E-state index is -0.211. The molecule has 31 heavy (non-hydrogen) atoms. The Hall–Kier alpha value is -2.55. The van der Waals surface area contributed by atoms with Crippen LogP contribution in [0.5, 0.6) is 0 Å². The average molecular weight is 454 g/mol. The summed E-state index contributed by atoms with van der Waals surface area (Å²) in [6.45, 7) is 1.96. The first kappa shape index (κ1) is 21.7. The number of nitrogens with one attached hydrogen (secondary N) is 1. The summed E-state index contributed by atoms with van der Waals surface area (Å²) in [5.74, 6) is 0.828. The zero-order valence-corrected chi connectivity index (χ0v) is 19.0. The molecule has 162 valence electrons. The van der Waals surface area contributed by atoms with Gasteiger partial charge in [0, 0.05) is 13.1 Å². The molecule has 6 nitrogen and oxygen atoms in total. The lowest BCUT2D eigenvalue weighted by Crippen LogP contribution is -2.53. The van der Waals surface area contributed by atoms with E-state index in [0.717, 1.165) is 36.3 Å². The van der Waals surface area contributed by atoms with Gasteiger partial charge in [-0.3, -0.25) is 9.69 Å². The van der Waals surface area contributed by atoms with Gasteiger partial charge in [-0.2, -0.15) is 11.3 Å². The molecule has 3 N–H and O–H groups in total. The molecule has 8 heteroatoms. The zero-order valence-electron chi connectivity index (χ0n) is 17.4. The second kappa shape index (κ2) is 10.2. The first-order valence-electron chi connectivity index (χ1n) is 10.6. The largest absolute Gasteiger partial charge is 0.340 e. The van der Waals surface area contributed by atoms with E-state index in [0.29, 0.717) is 31.2 Å². The van der Waals surface area contributed by atoms with Crippen molar-refractivity contribution in [3.63, 3.8) is 0 Å². The van der Waals surface area contributed by atoms with Crippen LogP contribution in [-0.4, -0.2) is 43.9 Å². The number of unbranched alkanes of at least 4 members (excludes halogenated alkanes) is 2. The van der Waals surface area contributed by atoms with Gasteiger partial charge in [0.05, 0.1) is 24.4 Å². The van der Waals surface area contributed by atoms with Crippen LogP contribution in [0.3, 0.4) is 0 Å². The van der Waals surface area contributed by atoms with E-state index in [1.165, 1.54) is 5.56 Å². The fourth-order valence-electron chi connectivity index (χ4n) is 3.86. The third-order valence-electron chi connectivity index (χ3n) is 5.54. The maximum Gasteiger partial charge on any atom is 0.231 e. The van der Waals surface area contributed by atoms with E-state index in [-0.39, 0.29) is 11.9 Å². The van der Waals surface area contributed by atoms with Crippen LogP contribution in [0.25, 0.3) is 11.3 Å². The number of carbonyl (C=O) groups excluding carboxylic acids is 1. The maximum absolute atomic E-state index is 13.0. The van der Waals surface area contributed by atoms with Gasteiger partial charge >= 0.3 is 0 Å². The molecule has 1 unspecified atom stereocenters. The number of thiocarbonyl (C=S) groups is 1. The van der Waals surface area contributed by atoms with Crippen molar-refractivity contribution in [2.75, 3.05) is 13.1 Å². The predicted molar refractivity (Wildman–Crippen MR) is 128 cm³/mol. The summed E-state index contributed by atoms with van der Waals surface area (Å²) in [7, 11) is 0. The highest BCUT2D eigenvalue weighted by Crippen LogP contribution is 2.32. The fourth-order valence-corrected chi connectivity index (χ4v) is 4.91. The predicted octanol–water partition coefficient (Wildman–Crippen LogP) is 4.33. The Morgan fingerprint density at radius 3 is 2.77 bits per heavy atom. The molecular weight excluding hydrogens is 426 g/mol. The van der Waals surface area contributed by atoms with E-state index in [4.69, 9.17) is 18.0 Å². The van der Waals surface area contributed by atoms with Crippen molar-refractivity contribution in [1.29, 1.82) is 0 Å². The molecule has 1 aliphatic heterocycles. The first-order chi connectivity index (χ1) is 15.2. The summed E-state index contributed by atoms with van der Waals surface area (Å²) in [5.41, 5.74) is 8.79. The van der Waals surface area contributed by atoms with Crippen molar-refractivity contribution in [3.8, 4) is 11.3 Å². The van der Waals surface area contributed by atoms with Crippen molar-refractivity contribution in [3.05, 3.63) is 64.7 Å². The number of thiophene rings is 1. The molecule has 3 heterocycles. The summed E-state index contributed by atoms with van der Waals surface area (Å²) < 4.78 is 0. The lowest BCUT2D eigenvalue weighted by molar-refractivity contribution is -0.131. The molecule has 4 rings (SSSR count). The minimum Gasteiger partial charge on any atom is -0.340 e. The molecule has 1 fully saturated rings. The van der Waals surface area contributed by atoms with Crippen LogP contribution in [0.15, 0.2) is 53.4 Å². The zero-order chi connectivity index (χ0) is 21.6. The van der Waals surface area contributed by atoms with Gasteiger partial charge in [0.2, 0.25) is 5.91 Å². The smallest absolute Gasteiger partial charge is 0.231 e. The van der Waals surface area contributed by atoms with Crippen LogP contribution in [0.2, 0.25) is 0 Å². The van der Waals surface area contributed by atoms with Gasteiger partial charge in [0.15, 0.2) is 5.11 Å². The fraction of sp³-hybridized carbons (Fsp3) is 0.348. The second-order valence-electron chi connectivity index (χ2n) is 7.70. The number of H-pyrrole nitrogens is 1. The van der Waals surface area contributed by atoms with Crippen LogP contribution in [0, 0.1) is 0 Å². The van der Waals surface area contributed by atoms with Crippen LogP contribution < -0.4 is 5.73 Å². The number of carbonyl (C=O) groups is 1. The maximum atomic E-state index is 13.0. The SMILES string of the molecule is NCCCCCN1C(=O)CC(c2ncc(-c3ccccc3)[nH]2)N(Cc2ccsc2)C1=S. The van der Waals surface area contributed by atoms with Gasteiger partial charge in [0.1, 0.15) is 5.82 Å². The molecule has 0 radical (unpaired) electrons. The number of nitrogens with two attached hydrogens (primary N) is 1. The average Bonchev–Trinajstić information content (AvgIpc) is 3.48. The van der Waals surface area contributed by atoms with Gasteiger partial charge < -0.3 is 15.6 Å². The van der Waals surface area contributed by atoms with Crippen molar-refractivity contribution in [2.24, 2.45) is 5.73 Å². The molecule has 3 aromatic rings. The number of hydrogen-bond acceptors (Lipinski definition) is 5. The number of benzene rings is 1. The molecule has 2 aromatic heterocycles. The lowest BCUT2D eigenvalue weighted by Gasteiger charge is -2.42. The third kappa shape index (κ3) is 5.03. The third-order valence-corrected chi connectivity index (χ3v) is 6.72. The van der Waals surface area contributed by atoms with Crippen LogP contribution in [-0.2, 0) is 11.3 Å². The number of imidazole rings is 1. The van der Waals surface area contributed by atoms with Crippen molar-refractivity contribution in [2.45, 2.75) is 38.3 Å². The Morgan fingerprint density at radius 2 is 2.03 bits per heavy atom. The Balaban J connectivity index is 1.58. The molecule has 0 saturated carbocycles. The monoisotopic (exact) mass is 453 g/mol. The van der Waals surface area contributed by atoms with Crippen molar-refractivity contribution >= 4 is 34.6 Å². The van der Waals surface area contributed by atoms with Crippen LogP contribution in [0.4, 0.5) is 0 Å². The van der Waals surface area contributed by atoms with Crippen molar-refractivity contribution in [1.82, 2.24) is 19.8 Å². The van der Waals surface area contributed by atoms with Gasteiger partial charge in [0.25, 0.3) is 0 Å². The molecule has 1 aromatic carbocycles. The number of hydrogen-bond donors (Lipinski definition) is 2. The number of amides is 1. The van der Waals surface area contributed by atoms with E-state index in [1.54, 1.807) is 16.2 Å². The highest BCUT2D eigenvalue weighted by atomic mass is 32.1. The van der Waals surface area contributed by atoms with E-state index >= 15 is 0 Å². The Labute approximate surface area is 192 Å². The summed E-state index contributed by atoms with van der Waals surface area (Å²) in [6, 6.07) is 12.0. The number of aromatic amines is 1. The molecule has 0 spiro atoms. The Morgan fingerprint density at radius 1 is 1.19 bits per heavy atom. The topological polar surface area (TPSA) is 78.2 Å².